The fourth-order valence-corrected chi connectivity index (χ4v) is 3.54. The van der Waals surface area contributed by atoms with Crippen molar-refractivity contribution in [1.82, 2.24) is 0 Å². The van der Waals surface area contributed by atoms with E-state index in [0.717, 1.165) is 31.4 Å². The molecule has 3 nitrogen and oxygen atoms in total. The average Bonchev–Trinajstić information content (AvgIpc) is 2.44. The minimum Gasteiger partial charge on any atom is -0.493 e. The number of alkyl halides is 1. The highest BCUT2D eigenvalue weighted by molar-refractivity contribution is 6.33. The van der Waals surface area contributed by atoms with Crippen molar-refractivity contribution in [2.45, 2.75) is 37.7 Å². The second-order valence-corrected chi connectivity index (χ2v) is 6.28. The van der Waals surface area contributed by atoms with E-state index in [9.17, 15) is 0 Å². The number of hydrogen-bond acceptors (Lipinski definition) is 3. The van der Waals surface area contributed by atoms with E-state index < -0.39 is 0 Å². The maximum absolute atomic E-state index is 6.55. The first kappa shape index (κ1) is 16.7. The van der Waals surface area contributed by atoms with E-state index in [1.807, 2.05) is 13.0 Å². The van der Waals surface area contributed by atoms with E-state index in [0.29, 0.717) is 28.5 Å². The maximum atomic E-state index is 6.55. The summed E-state index contributed by atoms with van der Waals surface area (Å²) >= 11 is 12.9. The third kappa shape index (κ3) is 3.97. The number of benzene rings is 1. The lowest BCUT2D eigenvalue weighted by Crippen LogP contribution is -2.31. The lowest BCUT2D eigenvalue weighted by atomic mass is 9.78. The number of ether oxygens (including phenoxy) is 3. The van der Waals surface area contributed by atoms with Gasteiger partial charge in [-0.3, -0.25) is 0 Å². The van der Waals surface area contributed by atoms with E-state index >= 15 is 0 Å². The summed E-state index contributed by atoms with van der Waals surface area (Å²) in [6.07, 6.45) is 3.48. The van der Waals surface area contributed by atoms with E-state index in [1.165, 1.54) is 0 Å². The first-order chi connectivity index (χ1) is 10.1. The zero-order valence-electron chi connectivity index (χ0n) is 12.7. The van der Waals surface area contributed by atoms with Crippen molar-refractivity contribution < 1.29 is 14.2 Å². The van der Waals surface area contributed by atoms with Crippen LogP contribution in [0.2, 0.25) is 5.02 Å². The summed E-state index contributed by atoms with van der Waals surface area (Å²) in [5.41, 5.74) is 0.899. The molecule has 1 aliphatic carbocycles. The van der Waals surface area contributed by atoms with E-state index in [1.54, 1.807) is 20.3 Å². The smallest absolute Gasteiger partial charge is 0.162 e. The van der Waals surface area contributed by atoms with Crippen molar-refractivity contribution in [3.05, 3.63) is 22.7 Å². The van der Waals surface area contributed by atoms with Gasteiger partial charge < -0.3 is 14.2 Å². The fourth-order valence-electron chi connectivity index (χ4n) is 2.77. The van der Waals surface area contributed by atoms with Crippen LogP contribution in [0.5, 0.6) is 11.5 Å². The second-order valence-electron chi connectivity index (χ2n) is 5.35. The van der Waals surface area contributed by atoms with Gasteiger partial charge in [0.05, 0.1) is 25.7 Å². The van der Waals surface area contributed by atoms with Crippen molar-refractivity contribution in [2.75, 3.05) is 20.8 Å². The Bertz CT molecular complexity index is 473. The molecule has 1 aromatic rings. The minimum atomic E-state index is -0.120. The van der Waals surface area contributed by atoms with Crippen molar-refractivity contribution in [3.63, 3.8) is 0 Å². The topological polar surface area (TPSA) is 27.7 Å². The van der Waals surface area contributed by atoms with Crippen LogP contribution in [0.3, 0.4) is 0 Å². The summed E-state index contributed by atoms with van der Waals surface area (Å²) in [6, 6.07) is 3.63. The minimum absolute atomic E-state index is 0.120. The van der Waals surface area contributed by atoms with Gasteiger partial charge in [-0.1, -0.05) is 11.6 Å². The van der Waals surface area contributed by atoms with Crippen LogP contribution in [0.4, 0.5) is 0 Å². The molecule has 1 saturated carbocycles. The van der Waals surface area contributed by atoms with Crippen LogP contribution in [0.15, 0.2) is 12.1 Å². The molecular formula is C16H22Cl2O3. The molecule has 0 heterocycles. The first-order valence-electron chi connectivity index (χ1n) is 7.26. The molecular weight excluding hydrogens is 311 g/mol. The second kappa shape index (κ2) is 7.57. The number of rotatable bonds is 7. The van der Waals surface area contributed by atoms with Gasteiger partial charge in [0, 0.05) is 17.7 Å². The van der Waals surface area contributed by atoms with E-state index in [2.05, 4.69) is 0 Å². The van der Waals surface area contributed by atoms with Crippen LogP contribution in [-0.2, 0) is 4.74 Å². The Hall–Kier alpha value is -0.640. The molecule has 21 heavy (non-hydrogen) atoms. The monoisotopic (exact) mass is 332 g/mol. The SMILES string of the molecule is CCOC1CC(CC(Cl)c2cc(OC)c(OC)cc2Cl)C1. The Kier molecular flexibility index (Phi) is 6.03. The van der Waals surface area contributed by atoms with Crippen LogP contribution >= 0.6 is 23.2 Å². The van der Waals surface area contributed by atoms with Crippen molar-refractivity contribution in [3.8, 4) is 11.5 Å². The number of hydrogen-bond donors (Lipinski definition) is 0. The molecule has 1 fully saturated rings. The van der Waals surface area contributed by atoms with Gasteiger partial charge in [0.15, 0.2) is 11.5 Å². The molecule has 1 atom stereocenters. The van der Waals surface area contributed by atoms with Gasteiger partial charge in [0.2, 0.25) is 0 Å². The quantitative estimate of drug-likeness (QED) is 0.668. The lowest BCUT2D eigenvalue weighted by Gasteiger charge is -2.36. The van der Waals surface area contributed by atoms with Crippen LogP contribution in [0.1, 0.15) is 37.1 Å². The predicted octanol–water partition coefficient (Wildman–Crippen LogP) is 4.84. The molecule has 1 aliphatic rings. The number of halogens is 2. The van der Waals surface area contributed by atoms with Gasteiger partial charge in [-0.25, -0.2) is 0 Å². The van der Waals surface area contributed by atoms with Gasteiger partial charge in [-0.15, -0.1) is 11.6 Å². The third-order valence-electron chi connectivity index (χ3n) is 3.98. The van der Waals surface area contributed by atoms with Crippen molar-refractivity contribution in [2.24, 2.45) is 5.92 Å². The molecule has 5 heteroatoms. The summed E-state index contributed by atoms with van der Waals surface area (Å²) in [5.74, 6) is 1.88. The molecule has 2 rings (SSSR count). The molecule has 0 spiro atoms. The molecule has 118 valence electrons. The lowest BCUT2D eigenvalue weighted by molar-refractivity contribution is -0.0267. The predicted molar refractivity (Wildman–Crippen MR) is 85.9 cm³/mol. The Morgan fingerprint density at radius 2 is 1.81 bits per heavy atom. The standard InChI is InChI=1S/C16H22Cl2O3/c1-4-21-11-5-10(6-11)7-13(17)12-8-15(19-2)16(20-3)9-14(12)18/h8-11,13H,4-7H2,1-3H3. The highest BCUT2D eigenvalue weighted by atomic mass is 35.5. The molecule has 1 unspecified atom stereocenters. The van der Waals surface area contributed by atoms with Gasteiger partial charge in [-0.05, 0) is 43.7 Å². The number of methoxy groups -OCH3 is 2. The third-order valence-corrected chi connectivity index (χ3v) is 4.72. The maximum Gasteiger partial charge on any atom is 0.162 e. The van der Waals surface area contributed by atoms with Crippen LogP contribution in [-0.4, -0.2) is 26.9 Å². The largest absolute Gasteiger partial charge is 0.493 e. The molecule has 1 aromatic carbocycles. The average molecular weight is 333 g/mol. The van der Waals surface area contributed by atoms with E-state index in [4.69, 9.17) is 37.4 Å². The zero-order valence-corrected chi connectivity index (χ0v) is 14.2. The highest BCUT2D eigenvalue weighted by Gasteiger charge is 2.32. The summed E-state index contributed by atoms with van der Waals surface area (Å²) in [6.45, 7) is 2.81. The van der Waals surface area contributed by atoms with Gasteiger partial charge >= 0.3 is 0 Å². The summed E-state index contributed by atoms with van der Waals surface area (Å²) in [5, 5.41) is 0.498. The highest BCUT2D eigenvalue weighted by Crippen LogP contribution is 2.43. The van der Waals surface area contributed by atoms with Gasteiger partial charge in [-0.2, -0.15) is 0 Å². The molecule has 0 aromatic heterocycles. The Morgan fingerprint density at radius 1 is 1.19 bits per heavy atom. The first-order valence-corrected chi connectivity index (χ1v) is 8.07. The van der Waals surface area contributed by atoms with Crippen molar-refractivity contribution in [1.29, 1.82) is 0 Å². The summed E-state index contributed by atoms with van der Waals surface area (Å²) in [4.78, 5) is 0. The summed E-state index contributed by atoms with van der Waals surface area (Å²) < 4.78 is 16.1. The van der Waals surface area contributed by atoms with Crippen LogP contribution < -0.4 is 9.47 Å². The molecule has 0 N–H and O–H groups in total. The van der Waals surface area contributed by atoms with Crippen LogP contribution in [0.25, 0.3) is 0 Å². The molecule has 0 saturated heterocycles. The molecule has 0 bridgehead atoms. The molecule has 0 amide bonds. The fraction of sp³-hybridized carbons (Fsp3) is 0.625. The van der Waals surface area contributed by atoms with Gasteiger partial charge in [0.25, 0.3) is 0 Å². The zero-order chi connectivity index (χ0) is 15.4. The Morgan fingerprint density at radius 3 is 2.38 bits per heavy atom. The van der Waals surface area contributed by atoms with E-state index in [-0.39, 0.29) is 5.38 Å². The molecule has 0 aliphatic heterocycles. The molecule has 0 radical (unpaired) electrons. The van der Waals surface area contributed by atoms with Gasteiger partial charge in [0.1, 0.15) is 0 Å². The Balaban J connectivity index is 2.01. The Labute approximate surface area is 136 Å². The van der Waals surface area contributed by atoms with Crippen LogP contribution in [0, 0.1) is 5.92 Å². The van der Waals surface area contributed by atoms with Crippen molar-refractivity contribution >= 4 is 23.2 Å². The summed E-state index contributed by atoms with van der Waals surface area (Å²) in [7, 11) is 3.20. The normalized spacial score (nSPS) is 22.5.